The number of halogens is 1. The van der Waals surface area contributed by atoms with Crippen LogP contribution in [0.3, 0.4) is 0 Å². The summed E-state index contributed by atoms with van der Waals surface area (Å²) in [5.74, 6) is 5.17. The fourth-order valence-electron chi connectivity index (χ4n) is 1.18. The molecule has 0 aliphatic rings. The Bertz CT molecular complexity index is 551. The lowest BCUT2D eigenvalue weighted by Crippen LogP contribution is -2.24. The monoisotopic (exact) mass is 237 g/mol. The molecule has 1 aromatic heterocycles. The van der Waals surface area contributed by atoms with Crippen molar-refractivity contribution in [2.45, 2.75) is 0 Å². The lowest BCUT2D eigenvalue weighted by Gasteiger charge is -2.04. The first kappa shape index (κ1) is 10.6. The van der Waals surface area contributed by atoms with Gasteiger partial charge in [0, 0.05) is 5.02 Å². The van der Waals surface area contributed by atoms with Crippen molar-refractivity contribution in [3.05, 3.63) is 46.1 Å². The number of hydrogen-bond donors (Lipinski definition) is 2. The summed E-state index contributed by atoms with van der Waals surface area (Å²) in [5.41, 5.74) is 2.37. The van der Waals surface area contributed by atoms with Gasteiger partial charge < -0.3 is 0 Å². The highest BCUT2D eigenvalue weighted by atomic mass is 35.5. The molecular weight excluding hydrogens is 230 g/mol. The first-order valence-electron chi connectivity index (χ1n) is 4.39. The first-order valence-corrected chi connectivity index (χ1v) is 4.77. The molecule has 0 unspecified atom stereocenters. The molecule has 2 rings (SSSR count). The molecule has 2 aromatic rings. The molecule has 6 nitrogen and oxygen atoms in total. The topological polar surface area (TPSA) is 85.8 Å². The van der Waals surface area contributed by atoms with Gasteiger partial charge in [0.15, 0.2) is 0 Å². The minimum atomic E-state index is -0.467. The number of nitrogens with one attached hydrogen (secondary N) is 1. The van der Waals surface area contributed by atoms with Gasteiger partial charge in [-0.3, -0.25) is 9.99 Å². The van der Waals surface area contributed by atoms with Crippen molar-refractivity contribution in [2.75, 3.05) is 5.43 Å². The number of nitrogens with two attached hydrogens (primary N) is 1. The first-order chi connectivity index (χ1) is 7.70. The Morgan fingerprint density at radius 1 is 1.31 bits per heavy atom. The largest absolute Gasteiger partial charge is 0.356 e. The average Bonchev–Trinajstić information content (AvgIpc) is 2.30. The molecule has 82 valence electrons. The van der Waals surface area contributed by atoms with E-state index in [9.17, 15) is 4.79 Å². The minimum Gasteiger partial charge on any atom is -0.292 e. The van der Waals surface area contributed by atoms with E-state index < -0.39 is 5.69 Å². The molecule has 0 radical (unpaired) electrons. The highest BCUT2D eigenvalue weighted by Crippen LogP contribution is 2.11. The fourth-order valence-corrected chi connectivity index (χ4v) is 1.31. The summed E-state index contributed by atoms with van der Waals surface area (Å²) in [6, 6.07) is 6.75. The number of anilines is 1. The van der Waals surface area contributed by atoms with Gasteiger partial charge >= 0.3 is 5.69 Å². The summed E-state index contributed by atoms with van der Waals surface area (Å²) in [7, 11) is 0. The number of aromatic nitrogens is 3. The third-order valence-electron chi connectivity index (χ3n) is 1.94. The van der Waals surface area contributed by atoms with Gasteiger partial charge in [0.05, 0.1) is 5.69 Å². The number of benzene rings is 1. The second kappa shape index (κ2) is 4.30. The zero-order chi connectivity index (χ0) is 11.5. The maximum Gasteiger partial charge on any atom is 0.356 e. The highest BCUT2D eigenvalue weighted by molar-refractivity contribution is 6.30. The van der Waals surface area contributed by atoms with E-state index in [1.54, 1.807) is 24.3 Å². The molecule has 0 amide bonds. The molecular formula is C9H8ClN5O. The van der Waals surface area contributed by atoms with Crippen molar-refractivity contribution in [1.29, 1.82) is 0 Å². The second-order valence-electron chi connectivity index (χ2n) is 2.95. The molecule has 7 heteroatoms. The van der Waals surface area contributed by atoms with Crippen LogP contribution in [0.25, 0.3) is 5.69 Å². The summed E-state index contributed by atoms with van der Waals surface area (Å²) < 4.78 is 1.29. The van der Waals surface area contributed by atoms with E-state index in [-0.39, 0.29) is 5.95 Å². The predicted octanol–water partition coefficient (Wildman–Crippen LogP) is 0.566. The van der Waals surface area contributed by atoms with E-state index >= 15 is 0 Å². The average molecular weight is 238 g/mol. The SMILES string of the molecule is NNc1ncn(-c2ccc(Cl)cc2)c(=O)n1. The molecule has 0 aliphatic carbocycles. The highest BCUT2D eigenvalue weighted by Gasteiger charge is 2.02. The Balaban J connectivity index is 2.48. The zero-order valence-corrected chi connectivity index (χ0v) is 8.85. The van der Waals surface area contributed by atoms with Crippen molar-refractivity contribution in [1.82, 2.24) is 14.5 Å². The van der Waals surface area contributed by atoms with Crippen LogP contribution in [0.15, 0.2) is 35.4 Å². The lowest BCUT2D eigenvalue weighted by molar-refractivity contribution is 0.859. The van der Waals surface area contributed by atoms with Gasteiger partial charge in [0.1, 0.15) is 6.33 Å². The number of nitrogens with zero attached hydrogens (tertiary/aromatic N) is 3. The molecule has 1 aromatic carbocycles. The molecule has 0 atom stereocenters. The predicted molar refractivity (Wildman–Crippen MR) is 60.4 cm³/mol. The van der Waals surface area contributed by atoms with Gasteiger partial charge in [-0.1, -0.05) is 11.6 Å². The molecule has 0 saturated carbocycles. The smallest absolute Gasteiger partial charge is 0.292 e. The number of nitrogen functional groups attached to an aromatic ring is 1. The van der Waals surface area contributed by atoms with E-state index in [1.165, 1.54) is 10.9 Å². The van der Waals surface area contributed by atoms with Gasteiger partial charge in [-0.2, -0.15) is 4.98 Å². The third-order valence-corrected chi connectivity index (χ3v) is 2.19. The van der Waals surface area contributed by atoms with E-state index in [2.05, 4.69) is 15.4 Å². The van der Waals surface area contributed by atoms with Gasteiger partial charge in [-0.25, -0.2) is 15.6 Å². The van der Waals surface area contributed by atoms with Crippen molar-refractivity contribution < 1.29 is 0 Å². The van der Waals surface area contributed by atoms with Crippen LogP contribution < -0.4 is 17.0 Å². The Morgan fingerprint density at radius 3 is 2.56 bits per heavy atom. The number of hydrazine groups is 1. The van der Waals surface area contributed by atoms with Crippen molar-refractivity contribution in [2.24, 2.45) is 5.84 Å². The maximum absolute atomic E-state index is 11.6. The van der Waals surface area contributed by atoms with Crippen LogP contribution in [0.5, 0.6) is 0 Å². The molecule has 0 bridgehead atoms. The summed E-state index contributed by atoms with van der Waals surface area (Å²) in [4.78, 5) is 19.0. The summed E-state index contributed by atoms with van der Waals surface area (Å²) in [6.07, 6.45) is 1.34. The summed E-state index contributed by atoms with van der Waals surface area (Å²) in [5, 5.41) is 0.595. The molecule has 3 N–H and O–H groups in total. The standard InChI is InChI=1S/C9H8ClN5O/c10-6-1-3-7(4-2-6)15-5-12-8(14-11)13-9(15)16/h1-5H,11H2,(H,13,14,16). The Hall–Kier alpha value is -1.92. The third kappa shape index (κ3) is 2.02. The van der Waals surface area contributed by atoms with E-state index in [4.69, 9.17) is 17.4 Å². The van der Waals surface area contributed by atoms with Crippen molar-refractivity contribution in [3.8, 4) is 5.69 Å². The van der Waals surface area contributed by atoms with Crippen LogP contribution in [0, 0.1) is 0 Å². The van der Waals surface area contributed by atoms with Gasteiger partial charge in [-0.15, -0.1) is 0 Å². The van der Waals surface area contributed by atoms with E-state index in [0.29, 0.717) is 10.7 Å². The van der Waals surface area contributed by atoms with Crippen LogP contribution in [0.1, 0.15) is 0 Å². The molecule has 16 heavy (non-hydrogen) atoms. The molecule has 0 spiro atoms. The normalized spacial score (nSPS) is 10.1. The Kier molecular flexibility index (Phi) is 2.84. The number of rotatable bonds is 2. The summed E-state index contributed by atoms with van der Waals surface area (Å²) in [6.45, 7) is 0. The van der Waals surface area contributed by atoms with Gasteiger partial charge in [-0.05, 0) is 24.3 Å². The zero-order valence-electron chi connectivity index (χ0n) is 8.09. The summed E-state index contributed by atoms with van der Waals surface area (Å²) >= 11 is 5.74. The maximum atomic E-state index is 11.6. The van der Waals surface area contributed by atoms with Crippen LogP contribution in [-0.2, 0) is 0 Å². The molecule has 0 aliphatic heterocycles. The Labute approximate surface area is 95.7 Å². The van der Waals surface area contributed by atoms with Crippen molar-refractivity contribution >= 4 is 17.5 Å². The van der Waals surface area contributed by atoms with Crippen LogP contribution in [0.2, 0.25) is 5.02 Å². The van der Waals surface area contributed by atoms with E-state index in [1.807, 2.05) is 0 Å². The second-order valence-corrected chi connectivity index (χ2v) is 3.39. The lowest BCUT2D eigenvalue weighted by atomic mass is 10.3. The van der Waals surface area contributed by atoms with Crippen LogP contribution in [-0.4, -0.2) is 14.5 Å². The van der Waals surface area contributed by atoms with Crippen LogP contribution in [0.4, 0.5) is 5.95 Å². The fraction of sp³-hybridized carbons (Fsp3) is 0. The molecule has 1 heterocycles. The van der Waals surface area contributed by atoms with Crippen LogP contribution >= 0.6 is 11.6 Å². The van der Waals surface area contributed by atoms with Gasteiger partial charge in [0.2, 0.25) is 5.95 Å². The van der Waals surface area contributed by atoms with Gasteiger partial charge in [0.25, 0.3) is 0 Å². The van der Waals surface area contributed by atoms with E-state index in [0.717, 1.165) is 0 Å². The quantitative estimate of drug-likeness (QED) is 0.589. The minimum absolute atomic E-state index is 0.0789. The molecule has 0 fully saturated rings. The number of hydrogen-bond acceptors (Lipinski definition) is 5. The Morgan fingerprint density at radius 2 is 2.00 bits per heavy atom. The molecule has 0 saturated heterocycles. The van der Waals surface area contributed by atoms with Crippen molar-refractivity contribution in [3.63, 3.8) is 0 Å².